The highest BCUT2D eigenvalue weighted by Crippen LogP contribution is 2.15. The predicted molar refractivity (Wildman–Crippen MR) is 90.0 cm³/mol. The second-order valence-electron chi connectivity index (χ2n) is 5.22. The van der Waals surface area contributed by atoms with Crippen LogP contribution >= 0.6 is 0 Å². The monoisotopic (exact) mass is 298 g/mol. The SMILES string of the molecule is CN(C)c1ccc(NCCC(=O)NCc2ccccn2)cc1. The van der Waals surface area contributed by atoms with Crippen LogP contribution in [0.2, 0.25) is 0 Å². The highest BCUT2D eigenvalue weighted by atomic mass is 16.1. The summed E-state index contributed by atoms with van der Waals surface area (Å²) in [4.78, 5) is 18.0. The van der Waals surface area contributed by atoms with Crippen LogP contribution in [0.1, 0.15) is 12.1 Å². The van der Waals surface area contributed by atoms with E-state index in [4.69, 9.17) is 0 Å². The minimum atomic E-state index is 0.0167. The molecule has 0 unspecified atom stereocenters. The van der Waals surface area contributed by atoms with Gasteiger partial charge in [0.2, 0.25) is 5.91 Å². The zero-order chi connectivity index (χ0) is 15.8. The van der Waals surface area contributed by atoms with Gasteiger partial charge in [-0.2, -0.15) is 0 Å². The molecule has 2 rings (SSSR count). The zero-order valence-corrected chi connectivity index (χ0v) is 13.0. The lowest BCUT2D eigenvalue weighted by molar-refractivity contribution is -0.121. The van der Waals surface area contributed by atoms with E-state index in [1.54, 1.807) is 6.20 Å². The molecule has 2 N–H and O–H groups in total. The van der Waals surface area contributed by atoms with E-state index < -0.39 is 0 Å². The molecule has 5 heteroatoms. The molecule has 0 aliphatic carbocycles. The molecule has 1 aromatic heterocycles. The van der Waals surface area contributed by atoms with Gasteiger partial charge in [-0.05, 0) is 36.4 Å². The number of aromatic nitrogens is 1. The van der Waals surface area contributed by atoms with Crippen molar-refractivity contribution in [1.82, 2.24) is 10.3 Å². The molecule has 0 spiro atoms. The average Bonchev–Trinajstić information content (AvgIpc) is 2.54. The third-order valence-electron chi connectivity index (χ3n) is 3.26. The van der Waals surface area contributed by atoms with Gasteiger partial charge in [0.15, 0.2) is 0 Å². The maximum atomic E-state index is 11.8. The quantitative estimate of drug-likeness (QED) is 0.823. The third kappa shape index (κ3) is 5.09. The van der Waals surface area contributed by atoms with Crippen molar-refractivity contribution in [3.05, 3.63) is 54.4 Å². The molecule has 0 aliphatic rings. The number of anilines is 2. The Morgan fingerprint density at radius 2 is 1.91 bits per heavy atom. The summed E-state index contributed by atoms with van der Waals surface area (Å²) in [5.74, 6) is 0.0167. The molecule has 116 valence electrons. The van der Waals surface area contributed by atoms with E-state index in [0.717, 1.165) is 17.1 Å². The number of benzene rings is 1. The van der Waals surface area contributed by atoms with E-state index in [9.17, 15) is 4.79 Å². The van der Waals surface area contributed by atoms with Crippen LogP contribution in [-0.4, -0.2) is 31.5 Å². The van der Waals surface area contributed by atoms with E-state index in [-0.39, 0.29) is 5.91 Å². The number of carbonyl (C=O) groups excluding carboxylic acids is 1. The van der Waals surface area contributed by atoms with Crippen LogP contribution in [0.3, 0.4) is 0 Å². The fourth-order valence-corrected chi connectivity index (χ4v) is 1.98. The fraction of sp³-hybridized carbons (Fsp3) is 0.294. The van der Waals surface area contributed by atoms with Gasteiger partial charge in [-0.3, -0.25) is 9.78 Å². The first-order chi connectivity index (χ1) is 10.6. The van der Waals surface area contributed by atoms with Crippen LogP contribution in [-0.2, 0) is 11.3 Å². The zero-order valence-electron chi connectivity index (χ0n) is 13.0. The minimum Gasteiger partial charge on any atom is -0.385 e. The van der Waals surface area contributed by atoms with E-state index in [1.807, 2.05) is 56.6 Å². The number of hydrogen-bond acceptors (Lipinski definition) is 4. The first-order valence-electron chi connectivity index (χ1n) is 7.33. The Hall–Kier alpha value is -2.56. The molecule has 0 fully saturated rings. The van der Waals surface area contributed by atoms with Gasteiger partial charge in [0.05, 0.1) is 12.2 Å². The molecular weight excluding hydrogens is 276 g/mol. The van der Waals surface area contributed by atoms with E-state index in [0.29, 0.717) is 19.5 Å². The van der Waals surface area contributed by atoms with Gasteiger partial charge in [0, 0.05) is 44.6 Å². The van der Waals surface area contributed by atoms with Crippen LogP contribution in [0.25, 0.3) is 0 Å². The summed E-state index contributed by atoms with van der Waals surface area (Å²) in [5.41, 5.74) is 3.03. The molecule has 22 heavy (non-hydrogen) atoms. The molecule has 0 saturated heterocycles. The van der Waals surface area contributed by atoms with E-state index in [2.05, 4.69) is 20.5 Å². The number of nitrogens with zero attached hydrogens (tertiary/aromatic N) is 2. The van der Waals surface area contributed by atoms with Gasteiger partial charge in [-0.15, -0.1) is 0 Å². The lowest BCUT2D eigenvalue weighted by Crippen LogP contribution is -2.25. The summed E-state index contributed by atoms with van der Waals surface area (Å²) in [6.45, 7) is 1.08. The number of hydrogen-bond donors (Lipinski definition) is 2. The van der Waals surface area contributed by atoms with Crippen LogP contribution in [0.5, 0.6) is 0 Å². The Morgan fingerprint density at radius 1 is 1.14 bits per heavy atom. The van der Waals surface area contributed by atoms with Crippen molar-refractivity contribution in [2.75, 3.05) is 30.9 Å². The smallest absolute Gasteiger partial charge is 0.222 e. The van der Waals surface area contributed by atoms with Gasteiger partial charge in [0.25, 0.3) is 0 Å². The highest BCUT2D eigenvalue weighted by Gasteiger charge is 2.02. The predicted octanol–water partition coefficient (Wildman–Crippen LogP) is 2.27. The molecule has 1 amide bonds. The fourth-order valence-electron chi connectivity index (χ4n) is 1.98. The molecule has 0 atom stereocenters. The molecule has 1 aromatic carbocycles. The Labute approximate surface area is 131 Å². The van der Waals surface area contributed by atoms with E-state index in [1.165, 1.54) is 0 Å². The normalized spacial score (nSPS) is 10.1. The van der Waals surface area contributed by atoms with Gasteiger partial charge in [-0.1, -0.05) is 6.07 Å². The summed E-state index contributed by atoms with van der Waals surface area (Å²) in [6, 6.07) is 13.8. The van der Waals surface area contributed by atoms with Crippen LogP contribution in [0, 0.1) is 0 Å². The molecule has 0 aliphatic heterocycles. The Kier molecular flexibility index (Phi) is 5.77. The largest absolute Gasteiger partial charge is 0.385 e. The Bertz CT molecular complexity index is 581. The van der Waals surface area contributed by atoms with Gasteiger partial charge in [-0.25, -0.2) is 0 Å². The summed E-state index contributed by atoms with van der Waals surface area (Å²) in [5, 5.41) is 6.11. The van der Waals surface area contributed by atoms with Gasteiger partial charge >= 0.3 is 0 Å². The van der Waals surface area contributed by atoms with Crippen molar-refractivity contribution >= 4 is 17.3 Å². The molecule has 2 aromatic rings. The van der Waals surface area contributed by atoms with Gasteiger partial charge < -0.3 is 15.5 Å². The number of amides is 1. The summed E-state index contributed by atoms with van der Waals surface area (Å²) < 4.78 is 0. The standard InChI is InChI=1S/C17H22N4O/c1-21(2)16-8-6-14(7-9-16)19-12-10-17(22)20-13-15-5-3-4-11-18-15/h3-9,11,19H,10,12-13H2,1-2H3,(H,20,22). The highest BCUT2D eigenvalue weighted by molar-refractivity contribution is 5.76. The molecule has 1 heterocycles. The summed E-state index contributed by atoms with van der Waals surface area (Å²) in [6.07, 6.45) is 2.16. The minimum absolute atomic E-state index is 0.0167. The maximum absolute atomic E-state index is 11.8. The Morgan fingerprint density at radius 3 is 2.55 bits per heavy atom. The van der Waals surface area contributed by atoms with Crippen molar-refractivity contribution in [3.63, 3.8) is 0 Å². The lowest BCUT2D eigenvalue weighted by atomic mass is 10.2. The Balaban J connectivity index is 1.68. The van der Waals surface area contributed by atoms with Crippen LogP contribution in [0.4, 0.5) is 11.4 Å². The second kappa shape index (κ2) is 8.02. The number of pyridine rings is 1. The van der Waals surface area contributed by atoms with Crippen LogP contribution in [0.15, 0.2) is 48.7 Å². The third-order valence-corrected chi connectivity index (χ3v) is 3.26. The van der Waals surface area contributed by atoms with Crippen molar-refractivity contribution in [2.45, 2.75) is 13.0 Å². The lowest BCUT2D eigenvalue weighted by Gasteiger charge is -2.13. The first kappa shape index (κ1) is 15.8. The van der Waals surface area contributed by atoms with Crippen molar-refractivity contribution in [3.8, 4) is 0 Å². The van der Waals surface area contributed by atoms with Gasteiger partial charge in [0.1, 0.15) is 0 Å². The summed E-state index contributed by atoms with van der Waals surface area (Å²) >= 11 is 0. The van der Waals surface area contributed by atoms with E-state index >= 15 is 0 Å². The van der Waals surface area contributed by atoms with Crippen molar-refractivity contribution in [1.29, 1.82) is 0 Å². The number of carbonyl (C=O) groups is 1. The number of nitrogens with one attached hydrogen (secondary N) is 2. The maximum Gasteiger partial charge on any atom is 0.222 e. The van der Waals surface area contributed by atoms with Crippen molar-refractivity contribution < 1.29 is 4.79 Å². The second-order valence-corrected chi connectivity index (χ2v) is 5.22. The average molecular weight is 298 g/mol. The molecule has 0 saturated carbocycles. The topological polar surface area (TPSA) is 57.3 Å². The molecular formula is C17H22N4O. The molecule has 0 radical (unpaired) electrons. The summed E-state index contributed by atoms with van der Waals surface area (Å²) in [7, 11) is 4.02. The molecule has 5 nitrogen and oxygen atoms in total. The van der Waals surface area contributed by atoms with Crippen molar-refractivity contribution in [2.24, 2.45) is 0 Å². The molecule has 0 bridgehead atoms. The number of rotatable bonds is 7. The van der Waals surface area contributed by atoms with Crippen LogP contribution < -0.4 is 15.5 Å². The first-order valence-corrected chi connectivity index (χ1v) is 7.33.